The number of carbonyl (C=O) groups is 1. The number of para-hydroxylation sites is 3. The van der Waals surface area contributed by atoms with Crippen LogP contribution >= 0.6 is 0 Å². The number of rotatable bonds is 3. The Morgan fingerprint density at radius 3 is 2.67 bits per heavy atom. The van der Waals surface area contributed by atoms with Gasteiger partial charge < -0.3 is 9.88 Å². The minimum Gasteiger partial charge on any atom is -0.320 e. The zero-order valence-corrected chi connectivity index (χ0v) is 14.0. The molecule has 2 aromatic carbocycles. The Labute approximate surface area is 140 Å². The van der Waals surface area contributed by atoms with Crippen LogP contribution in [0.5, 0.6) is 0 Å². The summed E-state index contributed by atoms with van der Waals surface area (Å²) >= 11 is 0. The number of aryl methyl sites for hydroxylation is 3. The molecule has 0 saturated carbocycles. The van der Waals surface area contributed by atoms with E-state index in [2.05, 4.69) is 10.3 Å². The summed E-state index contributed by atoms with van der Waals surface area (Å²) in [5.74, 6) is -0.481. The lowest BCUT2D eigenvalue weighted by Crippen LogP contribution is -2.30. The summed E-state index contributed by atoms with van der Waals surface area (Å²) in [7, 11) is 1.65. The number of hydrogen-bond donors (Lipinski definition) is 1. The molecule has 1 aromatic heterocycles. The highest BCUT2D eigenvalue weighted by molar-refractivity contribution is 6.04. The third-order valence-corrected chi connectivity index (χ3v) is 4.18. The SMILES string of the molecule is CCc1cccc(C)c1NC(=O)c1nc2ccccc2n(C)c1=O. The molecule has 0 fully saturated rings. The largest absolute Gasteiger partial charge is 0.320 e. The molecule has 3 aromatic rings. The highest BCUT2D eigenvalue weighted by Gasteiger charge is 2.18. The first-order valence-electron chi connectivity index (χ1n) is 7.88. The molecule has 122 valence electrons. The molecule has 5 nitrogen and oxygen atoms in total. The molecule has 24 heavy (non-hydrogen) atoms. The van der Waals surface area contributed by atoms with Crippen molar-refractivity contribution in [3.63, 3.8) is 0 Å². The number of fused-ring (bicyclic) bond motifs is 1. The molecular weight excluding hydrogens is 302 g/mol. The highest BCUT2D eigenvalue weighted by Crippen LogP contribution is 2.21. The summed E-state index contributed by atoms with van der Waals surface area (Å²) in [5.41, 5.74) is 3.55. The van der Waals surface area contributed by atoms with Gasteiger partial charge in [-0.05, 0) is 36.6 Å². The van der Waals surface area contributed by atoms with Gasteiger partial charge >= 0.3 is 0 Å². The van der Waals surface area contributed by atoms with Crippen molar-refractivity contribution < 1.29 is 4.79 Å². The van der Waals surface area contributed by atoms with Crippen molar-refractivity contribution in [2.24, 2.45) is 7.05 Å². The smallest absolute Gasteiger partial charge is 0.282 e. The molecule has 5 heteroatoms. The van der Waals surface area contributed by atoms with E-state index in [1.165, 1.54) is 4.57 Å². The maximum Gasteiger partial charge on any atom is 0.282 e. The first-order chi connectivity index (χ1) is 11.5. The summed E-state index contributed by atoms with van der Waals surface area (Å²) in [6.45, 7) is 3.96. The van der Waals surface area contributed by atoms with Gasteiger partial charge in [-0.1, -0.05) is 37.3 Å². The van der Waals surface area contributed by atoms with E-state index < -0.39 is 11.5 Å². The molecule has 0 spiro atoms. The normalized spacial score (nSPS) is 10.8. The van der Waals surface area contributed by atoms with Crippen molar-refractivity contribution in [3.05, 3.63) is 69.6 Å². The van der Waals surface area contributed by atoms with Gasteiger partial charge in [0, 0.05) is 12.7 Å². The summed E-state index contributed by atoms with van der Waals surface area (Å²) < 4.78 is 1.45. The van der Waals surface area contributed by atoms with Crippen molar-refractivity contribution in [2.45, 2.75) is 20.3 Å². The minimum absolute atomic E-state index is 0.0958. The van der Waals surface area contributed by atoms with Gasteiger partial charge in [0.15, 0.2) is 5.69 Å². The summed E-state index contributed by atoms with van der Waals surface area (Å²) in [6, 6.07) is 13.1. The zero-order chi connectivity index (χ0) is 17.3. The van der Waals surface area contributed by atoms with Gasteiger partial charge in [-0.3, -0.25) is 9.59 Å². The van der Waals surface area contributed by atoms with Crippen LogP contribution in [-0.2, 0) is 13.5 Å². The lowest BCUT2D eigenvalue weighted by molar-refractivity contribution is 0.102. The van der Waals surface area contributed by atoms with E-state index in [0.717, 1.165) is 23.2 Å². The number of hydrogen-bond acceptors (Lipinski definition) is 3. The first kappa shape index (κ1) is 15.9. The van der Waals surface area contributed by atoms with Gasteiger partial charge in [0.1, 0.15) is 0 Å². The standard InChI is InChI=1S/C19H19N3O2/c1-4-13-9-7-8-12(2)16(13)21-18(23)17-19(24)22(3)15-11-6-5-10-14(15)20-17/h5-11H,4H2,1-3H3,(H,21,23). The summed E-state index contributed by atoms with van der Waals surface area (Å²) in [4.78, 5) is 29.4. The van der Waals surface area contributed by atoms with E-state index >= 15 is 0 Å². The van der Waals surface area contributed by atoms with Crippen LogP contribution in [0.1, 0.15) is 28.5 Å². The van der Waals surface area contributed by atoms with Crippen LogP contribution in [0.2, 0.25) is 0 Å². The van der Waals surface area contributed by atoms with Crippen LogP contribution in [-0.4, -0.2) is 15.5 Å². The predicted molar refractivity (Wildman–Crippen MR) is 95.5 cm³/mol. The molecule has 0 unspecified atom stereocenters. The second kappa shape index (κ2) is 6.28. The maximum atomic E-state index is 12.7. The molecule has 0 bridgehead atoms. The predicted octanol–water partition coefficient (Wildman–Crippen LogP) is 3.06. The number of anilines is 1. The van der Waals surface area contributed by atoms with Crippen molar-refractivity contribution in [2.75, 3.05) is 5.32 Å². The monoisotopic (exact) mass is 321 g/mol. The number of amides is 1. The van der Waals surface area contributed by atoms with Crippen LogP contribution in [0.3, 0.4) is 0 Å². The molecule has 1 amide bonds. The minimum atomic E-state index is -0.481. The van der Waals surface area contributed by atoms with Crippen molar-refractivity contribution in [3.8, 4) is 0 Å². The van der Waals surface area contributed by atoms with Gasteiger partial charge in [0.05, 0.1) is 11.0 Å². The van der Waals surface area contributed by atoms with E-state index in [4.69, 9.17) is 0 Å². The van der Waals surface area contributed by atoms with Gasteiger partial charge in [-0.2, -0.15) is 0 Å². The molecule has 0 aliphatic carbocycles. The average Bonchev–Trinajstić information content (AvgIpc) is 2.59. The lowest BCUT2D eigenvalue weighted by atomic mass is 10.1. The van der Waals surface area contributed by atoms with E-state index in [1.807, 2.05) is 50.2 Å². The molecule has 0 radical (unpaired) electrons. The third kappa shape index (κ3) is 2.69. The second-order valence-electron chi connectivity index (χ2n) is 5.73. The van der Waals surface area contributed by atoms with Crippen molar-refractivity contribution in [1.29, 1.82) is 0 Å². The van der Waals surface area contributed by atoms with Gasteiger partial charge in [-0.25, -0.2) is 4.98 Å². The van der Waals surface area contributed by atoms with Crippen molar-refractivity contribution in [1.82, 2.24) is 9.55 Å². The quantitative estimate of drug-likeness (QED) is 0.806. The van der Waals surface area contributed by atoms with Crippen LogP contribution in [0, 0.1) is 6.92 Å². The zero-order valence-electron chi connectivity index (χ0n) is 14.0. The molecule has 3 rings (SSSR count). The third-order valence-electron chi connectivity index (χ3n) is 4.18. The van der Waals surface area contributed by atoms with E-state index in [-0.39, 0.29) is 5.69 Å². The molecular formula is C19H19N3O2. The summed E-state index contributed by atoms with van der Waals surface area (Å²) in [5, 5.41) is 2.86. The number of carbonyl (C=O) groups excluding carboxylic acids is 1. The molecule has 0 saturated heterocycles. The second-order valence-corrected chi connectivity index (χ2v) is 5.73. The van der Waals surface area contributed by atoms with Crippen molar-refractivity contribution >= 4 is 22.6 Å². The Bertz CT molecular complexity index is 990. The first-order valence-corrected chi connectivity index (χ1v) is 7.88. The van der Waals surface area contributed by atoms with Crippen LogP contribution in [0.25, 0.3) is 11.0 Å². The fourth-order valence-corrected chi connectivity index (χ4v) is 2.80. The fourth-order valence-electron chi connectivity index (χ4n) is 2.80. The molecule has 0 aliphatic rings. The number of nitrogens with zero attached hydrogens (tertiary/aromatic N) is 2. The highest BCUT2D eigenvalue weighted by atomic mass is 16.2. The Kier molecular flexibility index (Phi) is 4.16. The van der Waals surface area contributed by atoms with E-state index in [1.54, 1.807) is 13.1 Å². The van der Waals surface area contributed by atoms with Gasteiger partial charge in [0.2, 0.25) is 0 Å². The van der Waals surface area contributed by atoms with Gasteiger partial charge in [-0.15, -0.1) is 0 Å². The number of benzene rings is 2. The average molecular weight is 321 g/mol. The van der Waals surface area contributed by atoms with Gasteiger partial charge in [0.25, 0.3) is 11.5 Å². The van der Waals surface area contributed by atoms with Crippen LogP contribution in [0.4, 0.5) is 5.69 Å². The lowest BCUT2D eigenvalue weighted by Gasteiger charge is -2.13. The topological polar surface area (TPSA) is 64.0 Å². The Morgan fingerprint density at radius 2 is 1.92 bits per heavy atom. The summed E-state index contributed by atoms with van der Waals surface area (Å²) in [6.07, 6.45) is 0.792. The van der Waals surface area contributed by atoms with E-state index in [9.17, 15) is 9.59 Å². The molecule has 1 heterocycles. The van der Waals surface area contributed by atoms with Crippen LogP contribution in [0.15, 0.2) is 47.3 Å². The van der Waals surface area contributed by atoms with E-state index in [0.29, 0.717) is 11.0 Å². The number of aromatic nitrogens is 2. The molecule has 0 atom stereocenters. The Balaban J connectivity index is 2.07. The molecule has 1 N–H and O–H groups in total. The van der Waals surface area contributed by atoms with Crippen LogP contribution < -0.4 is 10.9 Å². The fraction of sp³-hybridized carbons (Fsp3) is 0.211. The maximum absolute atomic E-state index is 12.7. The molecule has 0 aliphatic heterocycles. The Hall–Kier alpha value is -2.95. The number of nitrogens with one attached hydrogen (secondary N) is 1. The Morgan fingerprint density at radius 1 is 1.17 bits per heavy atom.